The van der Waals surface area contributed by atoms with Crippen molar-refractivity contribution in [3.8, 4) is 11.8 Å². The van der Waals surface area contributed by atoms with Gasteiger partial charge in [0.2, 0.25) is 0 Å². The SMILES string of the molecule is CC#Cc1[nH]c(=O)c(C)cc1C. The lowest BCUT2D eigenvalue weighted by Gasteiger charge is -1.98. The van der Waals surface area contributed by atoms with Gasteiger partial charge >= 0.3 is 0 Å². The van der Waals surface area contributed by atoms with Gasteiger partial charge in [-0.05, 0) is 38.3 Å². The van der Waals surface area contributed by atoms with Crippen LogP contribution >= 0.6 is 0 Å². The van der Waals surface area contributed by atoms with Gasteiger partial charge in [-0.25, -0.2) is 0 Å². The fraction of sp³-hybridized carbons (Fsp3) is 0.300. The summed E-state index contributed by atoms with van der Waals surface area (Å²) in [5.74, 6) is 5.59. The Morgan fingerprint density at radius 3 is 2.58 bits per heavy atom. The van der Waals surface area contributed by atoms with Gasteiger partial charge in [-0.1, -0.05) is 5.92 Å². The van der Waals surface area contributed by atoms with Crippen LogP contribution in [0.5, 0.6) is 0 Å². The highest BCUT2D eigenvalue weighted by Crippen LogP contribution is 2.01. The predicted octanol–water partition coefficient (Wildman–Crippen LogP) is 1.36. The molecule has 12 heavy (non-hydrogen) atoms. The number of aryl methyl sites for hydroxylation is 2. The van der Waals surface area contributed by atoms with Crippen LogP contribution in [0.15, 0.2) is 10.9 Å². The van der Waals surface area contributed by atoms with Crippen LogP contribution in [-0.4, -0.2) is 4.98 Å². The average Bonchev–Trinajstić information content (AvgIpc) is 2.01. The number of aromatic amines is 1. The minimum absolute atomic E-state index is 0.0571. The van der Waals surface area contributed by atoms with Crippen LogP contribution in [0.3, 0.4) is 0 Å². The molecule has 1 N–H and O–H groups in total. The normalized spacial score (nSPS) is 8.92. The molecule has 1 aromatic heterocycles. The summed E-state index contributed by atoms with van der Waals surface area (Å²) in [6, 6.07) is 1.85. The third-order valence-electron chi connectivity index (χ3n) is 1.67. The molecule has 1 rings (SSSR count). The van der Waals surface area contributed by atoms with E-state index < -0.39 is 0 Å². The van der Waals surface area contributed by atoms with Crippen molar-refractivity contribution in [1.82, 2.24) is 4.98 Å². The molecular formula is C10H11NO. The number of hydrogen-bond acceptors (Lipinski definition) is 1. The Kier molecular flexibility index (Phi) is 2.35. The van der Waals surface area contributed by atoms with E-state index in [1.165, 1.54) is 0 Å². The molecule has 0 aliphatic heterocycles. The Morgan fingerprint density at radius 2 is 2.00 bits per heavy atom. The van der Waals surface area contributed by atoms with Crippen LogP contribution in [0, 0.1) is 25.7 Å². The van der Waals surface area contributed by atoms with Crippen LogP contribution in [0.2, 0.25) is 0 Å². The second-order valence-electron chi connectivity index (χ2n) is 2.71. The Hall–Kier alpha value is -1.49. The number of hydrogen-bond donors (Lipinski definition) is 1. The van der Waals surface area contributed by atoms with Gasteiger partial charge < -0.3 is 4.98 Å². The number of nitrogens with one attached hydrogen (secondary N) is 1. The molecule has 1 heterocycles. The molecule has 0 saturated carbocycles. The van der Waals surface area contributed by atoms with Crippen molar-refractivity contribution in [1.29, 1.82) is 0 Å². The number of H-pyrrole nitrogens is 1. The van der Waals surface area contributed by atoms with E-state index >= 15 is 0 Å². The summed E-state index contributed by atoms with van der Waals surface area (Å²) >= 11 is 0. The number of aromatic nitrogens is 1. The zero-order valence-electron chi connectivity index (χ0n) is 7.49. The third kappa shape index (κ3) is 1.57. The Morgan fingerprint density at radius 1 is 1.33 bits per heavy atom. The van der Waals surface area contributed by atoms with Gasteiger partial charge in [0.05, 0.1) is 5.69 Å². The summed E-state index contributed by atoms with van der Waals surface area (Å²) in [5, 5.41) is 0. The first-order valence-electron chi connectivity index (χ1n) is 3.78. The van der Waals surface area contributed by atoms with Gasteiger partial charge in [-0.3, -0.25) is 4.79 Å². The summed E-state index contributed by atoms with van der Waals surface area (Å²) < 4.78 is 0. The maximum absolute atomic E-state index is 11.1. The van der Waals surface area contributed by atoms with Crippen molar-refractivity contribution in [3.05, 3.63) is 33.2 Å². The first-order valence-corrected chi connectivity index (χ1v) is 3.78. The summed E-state index contributed by atoms with van der Waals surface area (Å²) in [5.41, 5.74) is 2.40. The van der Waals surface area contributed by atoms with E-state index in [-0.39, 0.29) is 5.56 Å². The zero-order chi connectivity index (χ0) is 9.14. The van der Waals surface area contributed by atoms with Gasteiger partial charge in [0.1, 0.15) is 0 Å². The summed E-state index contributed by atoms with van der Waals surface area (Å²) in [6.45, 7) is 5.47. The molecule has 1 aromatic rings. The van der Waals surface area contributed by atoms with E-state index in [0.717, 1.165) is 11.1 Å². The van der Waals surface area contributed by atoms with Crippen molar-refractivity contribution >= 4 is 0 Å². The van der Waals surface area contributed by atoms with Gasteiger partial charge in [0.25, 0.3) is 5.56 Å². The molecule has 0 aromatic carbocycles. The van der Waals surface area contributed by atoms with Crippen LogP contribution in [0.25, 0.3) is 0 Å². The fourth-order valence-electron chi connectivity index (χ4n) is 1.03. The van der Waals surface area contributed by atoms with Crippen LogP contribution in [-0.2, 0) is 0 Å². The molecule has 2 heteroatoms. The van der Waals surface area contributed by atoms with E-state index in [0.29, 0.717) is 5.69 Å². The molecule has 0 fully saturated rings. The summed E-state index contributed by atoms with van der Waals surface area (Å²) in [7, 11) is 0. The van der Waals surface area contributed by atoms with Crippen molar-refractivity contribution < 1.29 is 0 Å². The van der Waals surface area contributed by atoms with Crippen LogP contribution in [0.1, 0.15) is 23.7 Å². The predicted molar refractivity (Wildman–Crippen MR) is 49.1 cm³/mol. The number of pyridine rings is 1. The molecule has 0 amide bonds. The minimum atomic E-state index is -0.0571. The highest BCUT2D eigenvalue weighted by Gasteiger charge is 1.98. The largest absolute Gasteiger partial charge is 0.315 e. The summed E-state index contributed by atoms with van der Waals surface area (Å²) in [4.78, 5) is 13.9. The lowest BCUT2D eigenvalue weighted by molar-refractivity contribution is 1.12. The monoisotopic (exact) mass is 161 g/mol. The molecule has 0 bridgehead atoms. The maximum Gasteiger partial charge on any atom is 0.251 e. The van der Waals surface area contributed by atoms with Gasteiger partial charge in [0.15, 0.2) is 0 Å². The molecule has 0 atom stereocenters. The lowest BCUT2D eigenvalue weighted by Crippen LogP contribution is -2.11. The van der Waals surface area contributed by atoms with Gasteiger partial charge in [0, 0.05) is 5.56 Å². The number of rotatable bonds is 0. The summed E-state index contributed by atoms with van der Waals surface area (Å²) in [6.07, 6.45) is 0. The molecule has 2 nitrogen and oxygen atoms in total. The third-order valence-corrected chi connectivity index (χ3v) is 1.67. The van der Waals surface area contributed by atoms with E-state index in [2.05, 4.69) is 16.8 Å². The van der Waals surface area contributed by atoms with Gasteiger partial charge in [-0.2, -0.15) is 0 Å². The van der Waals surface area contributed by atoms with E-state index in [4.69, 9.17) is 0 Å². The molecular weight excluding hydrogens is 150 g/mol. The molecule has 0 unspecified atom stereocenters. The Bertz CT molecular complexity index is 404. The highest BCUT2D eigenvalue weighted by molar-refractivity contribution is 5.35. The van der Waals surface area contributed by atoms with Crippen LogP contribution < -0.4 is 5.56 Å². The Labute approximate surface area is 71.6 Å². The van der Waals surface area contributed by atoms with Crippen molar-refractivity contribution in [2.45, 2.75) is 20.8 Å². The maximum atomic E-state index is 11.1. The van der Waals surface area contributed by atoms with E-state index in [1.807, 2.05) is 13.0 Å². The minimum Gasteiger partial charge on any atom is -0.315 e. The van der Waals surface area contributed by atoms with E-state index in [1.54, 1.807) is 13.8 Å². The smallest absolute Gasteiger partial charge is 0.251 e. The molecule has 0 spiro atoms. The molecule has 0 aliphatic rings. The average molecular weight is 161 g/mol. The molecule has 62 valence electrons. The highest BCUT2D eigenvalue weighted by atomic mass is 16.1. The first-order chi connectivity index (χ1) is 5.65. The fourth-order valence-corrected chi connectivity index (χ4v) is 1.03. The molecule has 0 radical (unpaired) electrons. The van der Waals surface area contributed by atoms with Gasteiger partial charge in [-0.15, -0.1) is 0 Å². The second-order valence-corrected chi connectivity index (χ2v) is 2.71. The topological polar surface area (TPSA) is 32.9 Å². The van der Waals surface area contributed by atoms with Crippen molar-refractivity contribution in [3.63, 3.8) is 0 Å². The van der Waals surface area contributed by atoms with Crippen molar-refractivity contribution in [2.24, 2.45) is 0 Å². The zero-order valence-corrected chi connectivity index (χ0v) is 7.49. The quantitative estimate of drug-likeness (QED) is 0.572. The van der Waals surface area contributed by atoms with Crippen molar-refractivity contribution in [2.75, 3.05) is 0 Å². The van der Waals surface area contributed by atoms with E-state index in [9.17, 15) is 4.79 Å². The molecule has 0 saturated heterocycles. The standard InChI is InChI=1S/C10H11NO/c1-4-5-9-7(2)6-8(3)10(12)11-9/h6H,1-3H3,(H,11,12). The lowest BCUT2D eigenvalue weighted by atomic mass is 10.1. The Balaban J connectivity index is 3.39. The first kappa shape index (κ1) is 8.61. The molecule has 0 aliphatic carbocycles. The van der Waals surface area contributed by atoms with Crippen LogP contribution in [0.4, 0.5) is 0 Å². The second kappa shape index (κ2) is 3.27.